The highest BCUT2D eigenvalue weighted by Crippen LogP contribution is 2.45. The molecule has 0 amide bonds. The quantitative estimate of drug-likeness (QED) is 0.903. The van der Waals surface area contributed by atoms with Gasteiger partial charge < -0.3 is 14.5 Å². The number of hydrogen-bond acceptors (Lipinski definition) is 3. The molecular weight excluding hydrogens is 257 g/mol. The highest BCUT2D eigenvalue weighted by molar-refractivity contribution is 5.78. The van der Waals surface area contributed by atoms with Crippen LogP contribution in [-0.4, -0.2) is 19.3 Å². The normalized spacial score (nSPS) is 18.9. The number of halogens is 1. The van der Waals surface area contributed by atoms with Crippen molar-refractivity contribution in [1.29, 1.82) is 0 Å². The number of para-hydroxylation sites is 1. The van der Waals surface area contributed by atoms with Gasteiger partial charge in [-0.25, -0.2) is 4.39 Å². The van der Waals surface area contributed by atoms with Crippen molar-refractivity contribution in [2.45, 2.75) is 37.8 Å². The molecule has 1 aromatic carbocycles. The van der Waals surface area contributed by atoms with Crippen LogP contribution in [0.3, 0.4) is 0 Å². The maximum absolute atomic E-state index is 13.8. The summed E-state index contributed by atoms with van der Waals surface area (Å²) in [6.45, 7) is 2.87. The van der Waals surface area contributed by atoms with E-state index < -0.39 is 0 Å². The molecule has 20 heavy (non-hydrogen) atoms. The molecule has 1 fully saturated rings. The second-order valence-electron chi connectivity index (χ2n) is 5.42. The fourth-order valence-corrected chi connectivity index (χ4v) is 3.08. The lowest BCUT2D eigenvalue weighted by atomic mass is 9.73. The van der Waals surface area contributed by atoms with Crippen LogP contribution in [0.15, 0.2) is 28.7 Å². The van der Waals surface area contributed by atoms with Crippen molar-refractivity contribution >= 4 is 11.0 Å². The Bertz CT molecular complexity index is 598. The number of fused-ring (bicyclic) bond motifs is 1. The molecular formula is C16H20FNO2. The van der Waals surface area contributed by atoms with Crippen molar-refractivity contribution in [1.82, 2.24) is 5.32 Å². The van der Waals surface area contributed by atoms with Crippen LogP contribution >= 0.6 is 0 Å². The minimum Gasteiger partial charge on any atom is -0.456 e. The second-order valence-corrected chi connectivity index (χ2v) is 5.42. The van der Waals surface area contributed by atoms with E-state index in [1.807, 2.05) is 12.1 Å². The molecule has 3 rings (SSSR count). The van der Waals surface area contributed by atoms with Gasteiger partial charge in [-0.05, 0) is 37.9 Å². The Morgan fingerprint density at radius 3 is 2.80 bits per heavy atom. The smallest absolute Gasteiger partial charge is 0.169 e. The highest BCUT2D eigenvalue weighted by atomic mass is 19.1. The molecule has 0 saturated heterocycles. The Labute approximate surface area is 118 Å². The van der Waals surface area contributed by atoms with Crippen LogP contribution < -0.4 is 5.32 Å². The third kappa shape index (κ3) is 2.03. The summed E-state index contributed by atoms with van der Waals surface area (Å²) in [5, 5.41) is 4.23. The predicted molar refractivity (Wildman–Crippen MR) is 76.2 cm³/mol. The molecule has 108 valence electrons. The fraction of sp³-hybridized carbons (Fsp3) is 0.500. The molecule has 3 nitrogen and oxygen atoms in total. The molecule has 1 aliphatic carbocycles. The lowest BCUT2D eigenvalue weighted by Crippen LogP contribution is -2.50. The monoisotopic (exact) mass is 277 g/mol. The molecule has 1 unspecified atom stereocenters. The Kier molecular flexibility index (Phi) is 3.52. The van der Waals surface area contributed by atoms with Gasteiger partial charge in [-0.3, -0.25) is 0 Å². The van der Waals surface area contributed by atoms with Crippen LogP contribution in [0, 0.1) is 5.82 Å². The largest absolute Gasteiger partial charge is 0.456 e. The average Bonchev–Trinajstić information content (AvgIpc) is 2.82. The summed E-state index contributed by atoms with van der Waals surface area (Å²) in [4.78, 5) is 0. The Balaban J connectivity index is 2.03. The van der Waals surface area contributed by atoms with E-state index >= 15 is 0 Å². The molecule has 1 saturated carbocycles. The number of likely N-dealkylation sites (N-methyl/N-ethyl adjacent to an activating group) is 1. The SMILES string of the molecule is CCNC(c1cc2cccc(F)c2o1)C1(OC)CCC1. The summed E-state index contributed by atoms with van der Waals surface area (Å²) in [7, 11) is 1.74. The molecule has 1 N–H and O–H groups in total. The molecule has 4 heteroatoms. The van der Waals surface area contributed by atoms with Gasteiger partial charge in [0.15, 0.2) is 11.4 Å². The highest BCUT2D eigenvalue weighted by Gasteiger charge is 2.46. The van der Waals surface area contributed by atoms with E-state index in [0.29, 0.717) is 5.58 Å². The van der Waals surface area contributed by atoms with E-state index in [4.69, 9.17) is 9.15 Å². The summed E-state index contributed by atoms with van der Waals surface area (Å²) in [6.07, 6.45) is 3.16. The van der Waals surface area contributed by atoms with Crippen LogP contribution in [0.25, 0.3) is 11.0 Å². The first-order valence-corrected chi connectivity index (χ1v) is 7.16. The first kappa shape index (κ1) is 13.6. The van der Waals surface area contributed by atoms with E-state index in [2.05, 4.69) is 12.2 Å². The van der Waals surface area contributed by atoms with Crippen LogP contribution in [0.2, 0.25) is 0 Å². The third-order valence-corrected chi connectivity index (χ3v) is 4.34. The van der Waals surface area contributed by atoms with Gasteiger partial charge in [0.05, 0.1) is 11.6 Å². The lowest BCUT2D eigenvalue weighted by Gasteiger charge is -2.45. The second kappa shape index (κ2) is 5.19. The van der Waals surface area contributed by atoms with E-state index in [1.54, 1.807) is 13.2 Å². The Morgan fingerprint density at radius 1 is 1.45 bits per heavy atom. The summed E-state index contributed by atoms with van der Waals surface area (Å²) < 4.78 is 25.3. The van der Waals surface area contributed by atoms with Gasteiger partial charge >= 0.3 is 0 Å². The predicted octanol–water partition coefficient (Wildman–Crippen LogP) is 3.79. The summed E-state index contributed by atoms with van der Waals surface area (Å²) in [6, 6.07) is 6.89. The minimum absolute atomic E-state index is 0.0296. The standard InChI is InChI=1S/C16H20FNO2/c1-3-18-15(16(19-2)8-5-9-16)13-10-11-6-4-7-12(17)14(11)20-13/h4,6-7,10,15,18H,3,5,8-9H2,1-2H3. The first-order valence-electron chi connectivity index (χ1n) is 7.16. The van der Waals surface area contributed by atoms with Crippen LogP contribution in [0.4, 0.5) is 4.39 Å². The molecule has 0 bridgehead atoms. The van der Waals surface area contributed by atoms with Crippen LogP contribution in [0.1, 0.15) is 38.0 Å². The fourth-order valence-electron chi connectivity index (χ4n) is 3.08. The number of methoxy groups -OCH3 is 1. The van der Waals surface area contributed by atoms with Gasteiger partial charge in [-0.2, -0.15) is 0 Å². The average molecular weight is 277 g/mol. The third-order valence-electron chi connectivity index (χ3n) is 4.34. The maximum atomic E-state index is 13.8. The van der Waals surface area contributed by atoms with Gasteiger partial charge in [0, 0.05) is 12.5 Å². The first-order chi connectivity index (χ1) is 9.70. The number of hydrogen-bond donors (Lipinski definition) is 1. The van der Waals surface area contributed by atoms with E-state index in [1.165, 1.54) is 6.07 Å². The molecule has 1 aromatic heterocycles. The summed E-state index contributed by atoms with van der Waals surface area (Å²) in [5.41, 5.74) is 0.108. The summed E-state index contributed by atoms with van der Waals surface area (Å²) in [5.74, 6) is 0.442. The molecule has 1 heterocycles. The van der Waals surface area contributed by atoms with Gasteiger partial charge in [-0.15, -0.1) is 0 Å². The number of nitrogens with one attached hydrogen (secondary N) is 1. The van der Waals surface area contributed by atoms with Gasteiger partial charge in [0.25, 0.3) is 0 Å². The zero-order valence-electron chi connectivity index (χ0n) is 11.9. The maximum Gasteiger partial charge on any atom is 0.169 e. The molecule has 2 aromatic rings. The molecule has 1 aliphatic rings. The number of benzene rings is 1. The number of ether oxygens (including phenoxy) is 1. The lowest BCUT2D eigenvalue weighted by molar-refractivity contribution is -0.103. The van der Waals surface area contributed by atoms with Gasteiger partial charge in [0.2, 0.25) is 0 Å². The van der Waals surface area contributed by atoms with Crippen molar-refractivity contribution in [3.63, 3.8) is 0 Å². The zero-order valence-corrected chi connectivity index (χ0v) is 11.9. The molecule has 1 atom stereocenters. The van der Waals surface area contributed by atoms with E-state index in [0.717, 1.165) is 37.0 Å². The molecule has 0 radical (unpaired) electrons. The van der Waals surface area contributed by atoms with Crippen molar-refractivity contribution in [3.05, 3.63) is 35.8 Å². The zero-order chi connectivity index (χ0) is 14.2. The Hall–Kier alpha value is -1.39. The van der Waals surface area contributed by atoms with Gasteiger partial charge in [-0.1, -0.05) is 19.1 Å². The van der Waals surface area contributed by atoms with Crippen LogP contribution in [-0.2, 0) is 4.74 Å². The van der Waals surface area contributed by atoms with E-state index in [-0.39, 0.29) is 17.5 Å². The molecule has 0 aliphatic heterocycles. The number of rotatable bonds is 5. The van der Waals surface area contributed by atoms with Gasteiger partial charge in [0.1, 0.15) is 5.76 Å². The Morgan fingerprint density at radius 2 is 2.25 bits per heavy atom. The number of furan rings is 1. The summed E-state index contributed by atoms with van der Waals surface area (Å²) >= 11 is 0. The van der Waals surface area contributed by atoms with Crippen molar-refractivity contribution in [2.75, 3.05) is 13.7 Å². The van der Waals surface area contributed by atoms with Crippen molar-refractivity contribution in [2.24, 2.45) is 0 Å². The minimum atomic E-state index is -0.316. The van der Waals surface area contributed by atoms with E-state index in [9.17, 15) is 4.39 Å². The topological polar surface area (TPSA) is 34.4 Å². The molecule has 0 spiro atoms. The van der Waals surface area contributed by atoms with Crippen molar-refractivity contribution in [3.8, 4) is 0 Å². The van der Waals surface area contributed by atoms with Crippen molar-refractivity contribution < 1.29 is 13.5 Å². The van der Waals surface area contributed by atoms with Crippen LogP contribution in [0.5, 0.6) is 0 Å².